The summed E-state index contributed by atoms with van der Waals surface area (Å²) in [5, 5.41) is 11.0. The summed E-state index contributed by atoms with van der Waals surface area (Å²) in [6.45, 7) is -2.38. The average Bonchev–Trinajstić information content (AvgIpc) is 3.33. The Labute approximate surface area is 221 Å². The molecular weight excluding hydrogens is 611 g/mol. The van der Waals surface area contributed by atoms with Crippen molar-refractivity contribution >= 4 is 21.9 Å². The van der Waals surface area contributed by atoms with Crippen molar-refractivity contribution in [3.8, 4) is 28.6 Å². The van der Waals surface area contributed by atoms with E-state index < -0.39 is 6.85 Å². The van der Waals surface area contributed by atoms with Gasteiger partial charge in [0.25, 0.3) is 0 Å². The molecule has 6 rings (SSSR count). The molecule has 0 spiro atoms. The zero-order valence-electron chi connectivity index (χ0n) is 21.3. The number of fused-ring (bicyclic) bond motifs is 3. The normalized spacial score (nSPS) is 11.8. The number of aryl methyl sites for hydroxylation is 1. The summed E-state index contributed by atoms with van der Waals surface area (Å²) < 4.78 is 28.8. The maximum Gasteiger partial charge on any atom is 0.138 e. The third-order valence-electron chi connectivity index (χ3n) is 5.28. The topological polar surface area (TPSA) is 62.7 Å². The smallest absolute Gasteiger partial charge is 0.138 e. The zero-order chi connectivity index (χ0) is 25.8. The van der Waals surface area contributed by atoms with Crippen molar-refractivity contribution in [3.05, 3.63) is 121 Å². The van der Waals surface area contributed by atoms with Crippen LogP contribution >= 0.6 is 0 Å². The van der Waals surface area contributed by atoms with Crippen LogP contribution in [0.25, 0.3) is 44.5 Å². The number of hydrogen-bond donors (Lipinski definition) is 0. The van der Waals surface area contributed by atoms with Crippen LogP contribution in [0.15, 0.2) is 102 Å². The van der Waals surface area contributed by atoms with Gasteiger partial charge in [-0.25, -0.2) is 0 Å². The van der Waals surface area contributed by atoms with E-state index in [2.05, 4.69) is 22.1 Å². The van der Waals surface area contributed by atoms with Gasteiger partial charge in [0.2, 0.25) is 0 Å². The van der Waals surface area contributed by atoms with Crippen molar-refractivity contribution in [1.29, 1.82) is 5.26 Å². The first-order chi connectivity index (χ1) is 18.0. The second-order valence-electron chi connectivity index (χ2n) is 7.38. The maximum absolute atomic E-state index is 9.51. The maximum atomic E-state index is 9.51. The first-order valence-corrected chi connectivity index (χ1v) is 10.6. The molecule has 0 aliphatic heterocycles. The Kier molecular flexibility index (Phi) is 6.31. The molecule has 0 saturated carbocycles. The summed E-state index contributed by atoms with van der Waals surface area (Å²) in [4.78, 5) is 8.54. The van der Waals surface area contributed by atoms with Gasteiger partial charge in [0.15, 0.2) is 0 Å². The van der Waals surface area contributed by atoms with Gasteiger partial charge in [0.05, 0.1) is 11.1 Å². The van der Waals surface area contributed by atoms with Crippen LogP contribution < -0.4 is 0 Å². The summed E-state index contributed by atoms with van der Waals surface area (Å²) >= 11 is 0. The van der Waals surface area contributed by atoms with Crippen LogP contribution in [0.4, 0.5) is 0 Å². The molecule has 0 saturated heterocycles. The Bertz CT molecular complexity index is 1680. The minimum Gasteiger partial charge on any atom is -0.499 e. The largest absolute Gasteiger partial charge is 0.499 e. The number of furan rings is 1. The van der Waals surface area contributed by atoms with Gasteiger partial charge in [-0.3, -0.25) is 0 Å². The standard InChI is InChI=1S/C19H11N2O.C11H8N.Ir/c1-12-8-9-14-13-5-4-6-15(17-7-2-3-10-21-17)18(13)22-19(14)16(12)11-20;1-2-6-10(7-3-1)11-8-4-5-9-12-11;/h2-5,7-10H,1H3;1-6,8-9H;/q2*-1;/i1D3;;. The second-order valence-corrected chi connectivity index (χ2v) is 7.38. The van der Waals surface area contributed by atoms with Gasteiger partial charge in [0.1, 0.15) is 11.7 Å². The molecule has 171 valence electrons. The fourth-order valence-corrected chi connectivity index (χ4v) is 3.69. The first kappa shape index (κ1) is 20.3. The molecule has 0 amide bonds. The Morgan fingerprint density at radius 2 is 1.54 bits per heavy atom. The van der Waals surface area contributed by atoms with E-state index >= 15 is 0 Å². The van der Waals surface area contributed by atoms with Crippen molar-refractivity contribution in [2.45, 2.75) is 6.85 Å². The Morgan fingerprint density at radius 1 is 0.800 bits per heavy atom. The van der Waals surface area contributed by atoms with Crippen LogP contribution in [-0.4, -0.2) is 9.97 Å². The molecule has 0 unspecified atom stereocenters. The fourth-order valence-electron chi connectivity index (χ4n) is 3.69. The minimum absolute atomic E-state index is 0. The van der Waals surface area contributed by atoms with E-state index in [9.17, 15) is 5.26 Å². The van der Waals surface area contributed by atoms with Crippen LogP contribution in [-0.2, 0) is 20.1 Å². The molecule has 3 aromatic heterocycles. The predicted molar refractivity (Wildman–Crippen MR) is 134 cm³/mol. The molecule has 3 aromatic carbocycles. The molecule has 4 nitrogen and oxygen atoms in total. The van der Waals surface area contributed by atoms with Crippen molar-refractivity contribution in [1.82, 2.24) is 9.97 Å². The quantitative estimate of drug-likeness (QED) is 0.190. The minimum atomic E-state index is -2.38. The van der Waals surface area contributed by atoms with Crippen LogP contribution in [0.1, 0.15) is 15.2 Å². The average molecular weight is 633 g/mol. The van der Waals surface area contributed by atoms with E-state index in [1.165, 1.54) is 6.07 Å². The molecule has 1 radical (unpaired) electrons. The van der Waals surface area contributed by atoms with Gasteiger partial charge in [-0.1, -0.05) is 47.3 Å². The van der Waals surface area contributed by atoms with E-state index in [0.29, 0.717) is 22.2 Å². The van der Waals surface area contributed by atoms with Gasteiger partial charge in [-0.2, -0.15) is 5.26 Å². The molecule has 0 bridgehead atoms. The molecule has 0 aliphatic carbocycles. The number of nitrogens with zero attached hydrogens (tertiary/aromatic N) is 3. The summed E-state index contributed by atoms with van der Waals surface area (Å²) in [6.07, 6.45) is 3.47. The molecule has 0 aliphatic rings. The van der Waals surface area contributed by atoms with Crippen molar-refractivity contribution in [3.63, 3.8) is 0 Å². The van der Waals surface area contributed by atoms with E-state index in [-0.39, 0.29) is 36.8 Å². The van der Waals surface area contributed by atoms with E-state index in [4.69, 9.17) is 8.53 Å². The molecule has 5 heteroatoms. The van der Waals surface area contributed by atoms with Crippen molar-refractivity contribution in [2.24, 2.45) is 0 Å². The molecule has 0 N–H and O–H groups in total. The van der Waals surface area contributed by atoms with Crippen molar-refractivity contribution < 1.29 is 28.6 Å². The molecule has 3 heterocycles. The Hall–Kier alpha value is -4.10. The van der Waals surface area contributed by atoms with Gasteiger partial charge in [-0.15, -0.1) is 54.1 Å². The number of rotatable bonds is 2. The zero-order valence-corrected chi connectivity index (χ0v) is 20.7. The monoisotopic (exact) mass is 633 g/mol. The predicted octanol–water partition coefficient (Wildman–Crippen LogP) is 7.17. The number of nitriles is 1. The third-order valence-corrected chi connectivity index (χ3v) is 5.28. The first-order valence-electron chi connectivity index (χ1n) is 12.1. The van der Waals surface area contributed by atoms with Gasteiger partial charge < -0.3 is 14.4 Å². The molecule has 35 heavy (non-hydrogen) atoms. The molecular formula is C30H19IrN3O-2. The SMILES string of the molecule is [2H]C([2H])([2H])c1ccc2c(oc3c(-c4ccccn4)[c-]ccc32)c1C#N.[Ir].[c-]1ccccc1-c1ccccn1. The van der Waals surface area contributed by atoms with Crippen LogP contribution in [0.3, 0.4) is 0 Å². The molecule has 0 atom stereocenters. The Balaban J connectivity index is 0.000000218. The number of pyridine rings is 2. The Morgan fingerprint density at radius 3 is 2.20 bits per heavy atom. The number of benzene rings is 3. The van der Waals surface area contributed by atoms with Crippen LogP contribution in [0.5, 0.6) is 0 Å². The summed E-state index contributed by atoms with van der Waals surface area (Å²) in [7, 11) is 0. The summed E-state index contributed by atoms with van der Waals surface area (Å²) in [5.74, 6) is 0. The van der Waals surface area contributed by atoms with Crippen molar-refractivity contribution in [2.75, 3.05) is 0 Å². The van der Waals surface area contributed by atoms with Crippen LogP contribution in [0, 0.1) is 30.3 Å². The van der Waals surface area contributed by atoms with E-state index in [0.717, 1.165) is 16.6 Å². The van der Waals surface area contributed by atoms with E-state index in [1.807, 2.05) is 72.8 Å². The van der Waals surface area contributed by atoms with Gasteiger partial charge in [-0.05, 0) is 35.9 Å². The number of hydrogen-bond acceptors (Lipinski definition) is 4. The van der Waals surface area contributed by atoms with Gasteiger partial charge >= 0.3 is 0 Å². The number of aromatic nitrogens is 2. The van der Waals surface area contributed by atoms with Gasteiger partial charge in [0, 0.05) is 42.0 Å². The van der Waals surface area contributed by atoms with Crippen LogP contribution in [0.2, 0.25) is 0 Å². The third kappa shape index (κ3) is 4.90. The van der Waals surface area contributed by atoms with E-state index in [1.54, 1.807) is 24.5 Å². The summed E-state index contributed by atoms with van der Waals surface area (Å²) in [6, 6.07) is 34.2. The fraction of sp³-hybridized carbons (Fsp3) is 0.0333. The summed E-state index contributed by atoms with van der Waals surface area (Å²) in [5.41, 5.74) is 4.23. The molecule has 0 fully saturated rings. The second kappa shape index (κ2) is 10.9. The molecule has 6 aromatic rings.